The van der Waals surface area contributed by atoms with Gasteiger partial charge in [0.1, 0.15) is 0 Å². The van der Waals surface area contributed by atoms with Crippen molar-refractivity contribution in [3.8, 4) is 0 Å². The van der Waals surface area contributed by atoms with Crippen LogP contribution < -0.4 is 10.2 Å². The molecule has 0 aromatic heterocycles. The Morgan fingerprint density at radius 1 is 1.24 bits per heavy atom. The highest BCUT2D eigenvalue weighted by Gasteiger charge is 2.25. The molecule has 0 bridgehead atoms. The van der Waals surface area contributed by atoms with Gasteiger partial charge in [0.25, 0.3) is 0 Å². The highest BCUT2D eigenvalue weighted by molar-refractivity contribution is 5.81. The molecule has 1 atom stereocenters. The van der Waals surface area contributed by atoms with E-state index < -0.39 is 0 Å². The second-order valence-corrected chi connectivity index (χ2v) is 5.32. The molecule has 21 heavy (non-hydrogen) atoms. The number of carbonyl (C=O) groups excluding carboxylic acids is 1. The lowest BCUT2D eigenvalue weighted by Gasteiger charge is -2.38. The third-order valence-corrected chi connectivity index (χ3v) is 3.97. The quantitative estimate of drug-likeness (QED) is 0.793. The van der Waals surface area contributed by atoms with Crippen molar-refractivity contribution < 1.29 is 9.53 Å². The third kappa shape index (κ3) is 4.44. The first-order chi connectivity index (χ1) is 10.2. The molecule has 1 saturated heterocycles. The third-order valence-electron chi connectivity index (χ3n) is 3.97. The number of nitrogens with zero attached hydrogens (tertiary/aromatic N) is 2. The van der Waals surface area contributed by atoms with E-state index in [-0.39, 0.29) is 11.9 Å². The summed E-state index contributed by atoms with van der Waals surface area (Å²) < 4.78 is 4.95. The number of hydrogen-bond acceptors (Lipinski definition) is 4. The van der Waals surface area contributed by atoms with Crippen LogP contribution in [0.5, 0.6) is 0 Å². The normalized spacial score (nSPS) is 17.5. The van der Waals surface area contributed by atoms with E-state index in [0.29, 0.717) is 13.2 Å². The number of methoxy groups -OCH3 is 1. The smallest absolute Gasteiger partial charge is 0.237 e. The molecule has 1 aromatic carbocycles. The van der Waals surface area contributed by atoms with Gasteiger partial charge in [-0.2, -0.15) is 0 Å². The number of nitrogens with one attached hydrogen (secondary N) is 1. The fourth-order valence-electron chi connectivity index (χ4n) is 2.60. The van der Waals surface area contributed by atoms with Gasteiger partial charge in [-0.1, -0.05) is 18.2 Å². The van der Waals surface area contributed by atoms with Crippen LogP contribution in [0, 0.1) is 0 Å². The van der Waals surface area contributed by atoms with Gasteiger partial charge in [0.2, 0.25) is 5.91 Å². The number of benzene rings is 1. The Bertz CT molecular complexity index is 430. The number of anilines is 1. The molecule has 1 heterocycles. The van der Waals surface area contributed by atoms with Gasteiger partial charge in [-0.15, -0.1) is 0 Å². The molecule has 5 heteroatoms. The molecule has 1 aliphatic rings. The zero-order valence-corrected chi connectivity index (χ0v) is 12.9. The van der Waals surface area contributed by atoms with Gasteiger partial charge < -0.3 is 15.0 Å². The van der Waals surface area contributed by atoms with Gasteiger partial charge in [-0.25, -0.2) is 0 Å². The van der Waals surface area contributed by atoms with Crippen molar-refractivity contribution in [3.05, 3.63) is 30.3 Å². The lowest BCUT2D eigenvalue weighted by molar-refractivity contribution is -0.126. The second-order valence-electron chi connectivity index (χ2n) is 5.32. The largest absolute Gasteiger partial charge is 0.383 e. The number of piperazine rings is 1. The van der Waals surface area contributed by atoms with Crippen LogP contribution in [0.15, 0.2) is 30.3 Å². The van der Waals surface area contributed by atoms with Crippen molar-refractivity contribution in [2.45, 2.75) is 13.0 Å². The van der Waals surface area contributed by atoms with E-state index in [0.717, 1.165) is 26.2 Å². The molecular weight excluding hydrogens is 266 g/mol. The second kappa shape index (κ2) is 8.00. The van der Waals surface area contributed by atoms with Crippen molar-refractivity contribution in [1.82, 2.24) is 10.2 Å². The fraction of sp³-hybridized carbons (Fsp3) is 0.562. The van der Waals surface area contributed by atoms with Gasteiger partial charge >= 0.3 is 0 Å². The predicted molar refractivity (Wildman–Crippen MR) is 84.6 cm³/mol. The van der Waals surface area contributed by atoms with Gasteiger partial charge in [0.15, 0.2) is 0 Å². The van der Waals surface area contributed by atoms with E-state index in [1.807, 2.05) is 13.0 Å². The van der Waals surface area contributed by atoms with Crippen molar-refractivity contribution in [2.75, 3.05) is 51.3 Å². The van der Waals surface area contributed by atoms with E-state index in [4.69, 9.17) is 4.74 Å². The Hall–Kier alpha value is -1.59. The van der Waals surface area contributed by atoms with E-state index in [2.05, 4.69) is 39.4 Å². The standard InChI is InChI=1S/C16H25N3O2/c1-14(16(20)17-8-13-21-2)18-9-11-19(12-10-18)15-6-4-3-5-7-15/h3-7,14H,8-13H2,1-2H3,(H,17,20)/t14-/m1/s1. The Labute approximate surface area is 126 Å². The number of hydrogen-bond donors (Lipinski definition) is 1. The zero-order valence-electron chi connectivity index (χ0n) is 12.9. The molecule has 116 valence electrons. The summed E-state index contributed by atoms with van der Waals surface area (Å²) in [5.41, 5.74) is 1.26. The van der Waals surface area contributed by atoms with Crippen LogP contribution in [0.3, 0.4) is 0 Å². The van der Waals surface area contributed by atoms with Gasteiger partial charge in [0.05, 0.1) is 12.6 Å². The molecule has 2 rings (SSSR count). The molecule has 1 fully saturated rings. The molecule has 1 aromatic rings. The Morgan fingerprint density at radius 2 is 1.90 bits per heavy atom. The maximum absolute atomic E-state index is 12.0. The van der Waals surface area contributed by atoms with E-state index in [1.54, 1.807) is 7.11 Å². The monoisotopic (exact) mass is 291 g/mol. The summed E-state index contributed by atoms with van der Waals surface area (Å²) in [5.74, 6) is 0.0835. The summed E-state index contributed by atoms with van der Waals surface area (Å²) >= 11 is 0. The Balaban J connectivity index is 1.79. The molecule has 1 N–H and O–H groups in total. The molecule has 0 saturated carbocycles. The summed E-state index contributed by atoms with van der Waals surface area (Å²) in [6.07, 6.45) is 0. The van der Waals surface area contributed by atoms with Gasteiger partial charge in [0, 0.05) is 45.5 Å². The number of amides is 1. The van der Waals surface area contributed by atoms with Gasteiger partial charge in [-0.05, 0) is 19.1 Å². The number of rotatable bonds is 6. The minimum Gasteiger partial charge on any atom is -0.383 e. The molecule has 0 radical (unpaired) electrons. The van der Waals surface area contributed by atoms with Crippen molar-refractivity contribution in [1.29, 1.82) is 0 Å². The highest BCUT2D eigenvalue weighted by Crippen LogP contribution is 2.16. The molecule has 5 nitrogen and oxygen atoms in total. The predicted octanol–water partition coefficient (Wildman–Crippen LogP) is 0.960. The molecule has 0 spiro atoms. The van der Waals surface area contributed by atoms with E-state index in [9.17, 15) is 4.79 Å². The first-order valence-electron chi connectivity index (χ1n) is 7.53. The molecule has 1 amide bonds. The van der Waals surface area contributed by atoms with Crippen molar-refractivity contribution >= 4 is 11.6 Å². The summed E-state index contributed by atoms with van der Waals surface area (Å²) in [5, 5.41) is 2.90. The maximum Gasteiger partial charge on any atom is 0.237 e. The van der Waals surface area contributed by atoms with E-state index >= 15 is 0 Å². The average Bonchev–Trinajstić information content (AvgIpc) is 2.55. The zero-order chi connectivity index (χ0) is 15.1. The fourth-order valence-corrected chi connectivity index (χ4v) is 2.60. The summed E-state index contributed by atoms with van der Waals surface area (Å²) in [4.78, 5) is 16.7. The summed E-state index contributed by atoms with van der Waals surface area (Å²) in [6, 6.07) is 10.3. The maximum atomic E-state index is 12.0. The average molecular weight is 291 g/mol. The number of carbonyl (C=O) groups is 1. The topological polar surface area (TPSA) is 44.8 Å². The number of para-hydroxylation sites is 1. The first-order valence-corrected chi connectivity index (χ1v) is 7.53. The minimum absolute atomic E-state index is 0.0835. The van der Waals surface area contributed by atoms with Crippen LogP contribution in [0.1, 0.15) is 6.92 Å². The SMILES string of the molecule is COCCNC(=O)[C@@H](C)N1CCN(c2ccccc2)CC1. The highest BCUT2D eigenvalue weighted by atomic mass is 16.5. The Kier molecular flexibility index (Phi) is 6.02. The van der Waals surface area contributed by atoms with Crippen LogP contribution in [0.2, 0.25) is 0 Å². The van der Waals surface area contributed by atoms with Crippen LogP contribution in [0.25, 0.3) is 0 Å². The Morgan fingerprint density at radius 3 is 2.52 bits per heavy atom. The van der Waals surface area contributed by atoms with Crippen molar-refractivity contribution in [3.63, 3.8) is 0 Å². The van der Waals surface area contributed by atoms with Crippen LogP contribution in [0.4, 0.5) is 5.69 Å². The van der Waals surface area contributed by atoms with Crippen molar-refractivity contribution in [2.24, 2.45) is 0 Å². The lowest BCUT2D eigenvalue weighted by atomic mass is 10.2. The molecule has 0 unspecified atom stereocenters. The molecular formula is C16H25N3O2. The van der Waals surface area contributed by atoms with Gasteiger partial charge in [-0.3, -0.25) is 9.69 Å². The summed E-state index contributed by atoms with van der Waals surface area (Å²) in [6.45, 7) is 6.84. The minimum atomic E-state index is -0.0835. The number of ether oxygens (including phenoxy) is 1. The molecule has 1 aliphatic heterocycles. The summed E-state index contributed by atoms with van der Waals surface area (Å²) in [7, 11) is 1.64. The lowest BCUT2D eigenvalue weighted by Crippen LogP contribution is -2.54. The van der Waals surface area contributed by atoms with Crippen LogP contribution in [-0.2, 0) is 9.53 Å². The first kappa shape index (κ1) is 15.8. The van der Waals surface area contributed by atoms with Crippen LogP contribution in [-0.4, -0.2) is 63.3 Å². The molecule has 0 aliphatic carbocycles. The van der Waals surface area contributed by atoms with E-state index in [1.165, 1.54) is 5.69 Å². The van der Waals surface area contributed by atoms with Crippen LogP contribution >= 0.6 is 0 Å².